The summed E-state index contributed by atoms with van der Waals surface area (Å²) in [6.45, 7) is 3.02. The van der Waals surface area contributed by atoms with Crippen molar-refractivity contribution in [2.45, 2.75) is 13.3 Å². The molecular formula is C11H16N4. The first-order valence-electron chi connectivity index (χ1n) is 5.13. The molecule has 0 saturated heterocycles. The van der Waals surface area contributed by atoms with E-state index in [4.69, 9.17) is 0 Å². The van der Waals surface area contributed by atoms with Crippen molar-refractivity contribution in [1.29, 1.82) is 0 Å². The number of likely N-dealkylation sites (N-methyl/N-ethyl adjacent to an activating group) is 1. The fraction of sp³-hybridized carbons (Fsp3) is 0.455. The SMILES string of the molecule is Cc1cccc2nc(CCN(C)C)nn12. The van der Waals surface area contributed by atoms with Crippen LogP contribution in [0.25, 0.3) is 5.65 Å². The maximum atomic E-state index is 4.47. The minimum Gasteiger partial charge on any atom is -0.309 e. The highest BCUT2D eigenvalue weighted by molar-refractivity contribution is 5.38. The van der Waals surface area contributed by atoms with Crippen LogP contribution in [-0.4, -0.2) is 40.1 Å². The van der Waals surface area contributed by atoms with Crippen LogP contribution in [0.2, 0.25) is 0 Å². The van der Waals surface area contributed by atoms with E-state index in [0.29, 0.717) is 0 Å². The van der Waals surface area contributed by atoms with Crippen molar-refractivity contribution in [3.05, 3.63) is 29.7 Å². The second-order valence-electron chi connectivity index (χ2n) is 4.02. The Kier molecular flexibility index (Phi) is 2.68. The van der Waals surface area contributed by atoms with Gasteiger partial charge in [-0.05, 0) is 33.2 Å². The lowest BCUT2D eigenvalue weighted by Crippen LogP contribution is -2.15. The molecule has 0 radical (unpaired) electrons. The van der Waals surface area contributed by atoms with Crippen LogP contribution in [0.1, 0.15) is 11.5 Å². The van der Waals surface area contributed by atoms with Crippen molar-refractivity contribution in [2.24, 2.45) is 0 Å². The van der Waals surface area contributed by atoms with Crippen LogP contribution in [-0.2, 0) is 6.42 Å². The van der Waals surface area contributed by atoms with Crippen molar-refractivity contribution < 1.29 is 0 Å². The second-order valence-corrected chi connectivity index (χ2v) is 4.02. The fourth-order valence-corrected chi connectivity index (χ4v) is 1.51. The van der Waals surface area contributed by atoms with E-state index in [1.165, 1.54) is 0 Å². The number of fused-ring (bicyclic) bond motifs is 1. The normalized spacial score (nSPS) is 11.5. The van der Waals surface area contributed by atoms with Gasteiger partial charge in [0.25, 0.3) is 0 Å². The van der Waals surface area contributed by atoms with E-state index in [9.17, 15) is 0 Å². The van der Waals surface area contributed by atoms with E-state index in [1.54, 1.807) is 0 Å². The Morgan fingerprint density at radius 2 is 2.13 bits per heavy atom. The third-order valence-corrected chi connectivity index (χ3v) is 2.38. The molecule has 0 aliphatic carbocycles. The lowest BCUT2D eigenvalue weighted by molar-refractivity contribution is 0.409. The maximum absolute atomic E-state index is 4.47. The van der Waals surface area contributed by atoms with Gasteiger partial charge in [-0.15, -0.1) is 0 Å². The van der Waals surface area contributed by atoms with Gasteiger partial charge in [0.2, 0.25) is 0 Å². The zero-order valence-electron chi connectivity index (χ0n) is 9.44. The van der Waals surface area contributed by atoms with Gasteiger partial charge in [0.15, 0.2) is 11.5 Å². The summed E-state index contributed by atoms with van der Waals surface area (Å²) in [5.74, 6) is 0.915. The van der Waals surface area contributed by atoms with Crippen molar-refractivity contribution in [3.8, 4) is 0 Å². The standard InChI is InChI=1S/C11H16N4/c1-9-5-4-6-11-12-10(13-15(9)11)7-8-14(2)3/h4-6H,7-8H2,1-3H3. The van der Waals surface area contributed by atoms with Gasteiger partial charge < -0.3 is 4.90 Å². The lowest BCUT2D eigenvalue weighted by Gasteiger charge is -2.05. The summed E-state index contributed by atoms with van der Waals surface area (Å²) in [6, 6.07) is 6.03. The van der Waals surface area contributed by atoms with E-state index in [2.05, 4.69) is 29.1 Å². The van der Waals surface area contributed by atoms with Crippen LogP contribution in [0.3, 0.4) is 0 Å². The van der Waals surface area contributed by atoms with Crippen molar-refractivity contribution in [1.82, 2.24) is 19.5 Å². The van der Waals surface area contributed by atoms with Crippen LogP contribution in [0.15, 0.2) is 18.2 Å². The molecule has 2 aromatic heterocycles. The summed E-state index contributed by atoms with van der Waals surface area (Å²) in [5.41, 5.74) is 2.06. The average molecular weight is 204 g/mol. The van der Waals surface area contributed by atoms with Crippen LogP contribution in [0.5, 0.6) is 0 Å². The summed E-state index contributed by atoms with van der Waals surface area (Å²) in [6.07, 6.45) is 0.897. The van der Waals surface area contributed by atoms with E-state index in [0.717, 1.165) is 30.1 Å². The van der Waals surface area contributed by atoms with E-state index >= 15 is 0 Å². The zero-order chi connectivity index (χ0) is 10.8. The third-order valence-electron chi connectivity index (χ3n) is 2.38. The number of nitrogens with zero attached hydrogens (tertiary/aromatic N) is 4. The second kappa shape index (κ2) is 3.98. The first-order valence-corrected chi connectivity index (χ1v) is 5.13. The molecule has 2 rings (SSSR count). The molecule has 0 aliphatic heterocycles. The Hall–Kier alpha value is -1.42. The number of pyridine rings is 1. The first-order chi connectivity index (χ1) is 7.16. The van der Waals surface area contributed by atoms with E-state index in [-0.39, 0.29) is 0 Å². The Bertz CT molecular complexity index is 459. The highest BCUT2D eigenvalue weighted by atomic mass is 15.3. The van der Waals surface area contributed by atoms with Gasteiger partial charge >= 0.3 is 0 Å². The molecule has 0 atom stereocenters. The number of aryl methyl sites for hydroxylation is 1. The van der Waals surface area contributed by atoms with Crippen molar-refractivity contribution in [2.75, 3.05) is 20.6 Å². The summed E-state index contributed by atoms with van der Waals surface area (Å²) in [5, 5.41) is 4.46. The van der Waals surface area contributed by atoms with Crippen LogP contribution >= 0.6 is 0 Å². The lowest BCUT2D eigenvalue weighted by atomic mass is 10.4. The highest BCUT2D eigenvalue weighted by Gasteiger charge is 2.04. The number of rotatable bonds is 3. The van der Waals surface area contributed by atoms with Crippen LogP contribution in [0, 0.1) is 6.92 Å². The molecule has 0 bridgehead atoms. The molecule has 4 nitrogen and oxygen atoms in total. The van der Waals surface area contributed by atoms with Gasteiger partial charge in [0.1, 0.15) is 0 Å². The Labute approximate surface area is 89.5 Å². The minimum atomic E-state index is 0.897. The van der Waals surface area contributed by atoms with Crippen LogP contribution < -0.4 is 0 Å². The molecule has 0 spiro atoms. The van der Waals surface area contributed by atoms with Crippen molar-refractivity contribution >= 4 is 5.65 Å². The molecule has 0 fully saturated rings. The highest BCUT2D eigenvalue weighted by Crippen LogP contribution is 2.05. The summed E-state index contributed by atoms with van der Waals surface area (Å²) >= 11 is 0. The average Bonchev–Trinajstić information content (AvgIpc) is 2.59. The number of hydrogen-bond donors (Lipinski definition) is 0. The molecule has 2 heterocycles. The maximum Gasteiger partial charge on any atom is 0.155 e. The van der Waals surface area contributed by atoms with Gasteiger partial charge in [-0.25, -0.2) is 9.50 Å². The van der Waals surface area contributed by atoms with Gasteiger partial charge in [0.05, 0.1) is 0 Å². The summed E-state index contributed by atoms with van der Waals surface area (Å²) in [7, 11) is 4.11. The van der Waals surface area contributed by atoms with E-state index < -0.39 is 0 Å². The molecule has 0 aliphatic rings. The van der Waals surface area contributed by atoms with Crippen LogP contribution in [0.4, 0.5) is 0 Å². The Morgan fingerprint density at radius 1 is 1.33 bits per heavy atom. The fourth-order valence-electron chi connectivity index (χ4n) is 1.51. The van der Waals surface area contributed by atoms with Gasteiger partial charge in [-0.1, -0.05) is 6.07 Å². The molecule has 0 N–H and O–H groups in total. The molecule has 0 unspecified atom stereocenters. The summed E-state index contributed by atoms with van der Waals surface area (Å²) < 4.78 is 1.89. The third kappa shape index (κ3) is 2.15. The molecule has 4 heteroatoms. The topological polar surface area (TPSA) is 33.4 Å². The largest absolute Gasteiger partial charge is 0.309 e. The molecule has 0 saturated carbocycles. The zero-order valence-corrected chi connectivity index (χ0v) is 9.44. The van der Waals surface area contributed by atoms with Gasteiger partial charge in [-0.3, -0.25) is 0 Å². The molecule has 15 heavy (non-hydrogen) atoms. The molecular weight excluding hydrogens is 188 g/mol. The molecule has 80 valence electrons. The Morgan fingerprint density at radius 3 is 2.80 bits per heavy atom. The Balaban J connectivity index is 2.27. The minimum absolute atomic E-state index is 0.897. The summed E-state index contributed by atoms with van der Waals surface area (Å²) in [4.78, 5) is 6.61. The number of aromatic nitrogens is 3. The predicted molar refractivity (Wildman–Crippen MR) is 60.0 cm³/mol. The molecule has 0 aromatic carbocycles. The van der Waals surface area contributed by atoms with E-state index in [1.807, 2.05) is 29.6 Å². The quantitative estimate of drug-likeness (QED) is 0.751. The predicted octanol–water partition coefficient (Wildman–Crippen LogP) is 1.14. The first kappa shape index (κ1) is 10.1. The van der Waals surface area contributed by atoms with Gasteiger partial charge in [-0.2, -0.15) is 5.10 Å². The smallest absolute Gasteiger partial charge is 0.155 e. The number of hydrogen-bond acceptors (Lipinski definition) is 3. The monoisotopic (exact) mass is 204 g/mol. The van der Waals surface area contributed by atoms with Crippen molar-refractivity contribution in [3.63, 3.8) is 0 Å². The van der Waals surface area contributed by atoms with Gasteiger partial charge in [0, 0.05) is 18.7 Å². The molecule has 0 amide bonds. The molecule has 2 aromatic rings.